The third-order valence-electron chi connectivity index (χ3n) is 5.35. The Morgan fingerprint density at radius 3 is 2.10 bits per heavy atom. The maximum atomic E-state index is 11.6. The summed E-state index contributed by atoms with van der Waals surface area (Å²) >= 11 is 0. The Hall–Kier alpha value is -3.61. The van der Waals surface area contributed by atoms with Gasteiger partial charge in [-0.25, -0.2) is 4.79 Å². The summed E-state index contributed by atoms with van der Waals surface area (Å²) in [5, 5.41) is 16.0. The van der Waals surface area contributed by atoms with E-state index in [1.165, 1.54) is 7.11 Å². The lowest BCUT2D eigenvalue weighted by atomic mass is 9.93. The molecule has 1 fully saturated rings. The number of nitrogens with one attached hydrogen (secondary N) is 1. The maximum Gasteiger partial charge on any atom is 0.411 e. The number of rotatable bonds is 5. The highest BCUT2D eigenvalue weighted by Gasteiger charge is 2.51. The lowest BCUT2D eigenvalue weighted by molar-refractivity contribution is -0.140. The van der Waals surface area contributed by atoms with Crippen LogP contribution in [-0.4, -0.2) is 29.4 Å². The highest BCUT2D eigenvalue weighted by Crippen LogP contribution is 2.48. The standard InChI is InChI=1S/C22H20N2O5/c1-13-18(23-21(27)28-2)19(29-24-13)16-5-3-14(4-6-16)15-7-9-17(10-8-15)22(11-12-22)20(25)26/h3-10H,11-12H2,1-2H3,(H,23,27)(H,25,26). The van der Waals surface area contributed by atoms with Crippen molar-refractivity contribution in [1.29, 1.82) is 0 Å². The maximum absolute atomic E-state index is 11.6. The van der Waals surface area contributed by atoms with E-state index in [1.54, 1.807) is 6.92 Å². The molecule has 2 N–H and O–H groups in total. The van der Waals surface area contributed by atoms with E-state index in [2.05, 4.69) is 15.2 Å². The van der Waals surface area contributed by atoms with Crippen molar-refractivity contribution in [3.63, 3.8) is 0 Å². The van der Waals surface area contributed by atoms with Crippen LogP contribution >= 0.6 is 0 Å². The predicted molar refractivity (Wildman–Crippen MR) is 107 cm³/mol. The number of carbonyl (C=O) groups excluding carboxylic acids is 1. The molecule has 1 saturated carbocycles. The third kappa shape index (κ3) is 3.35. The van der Waals surface area contributed by atoms with Gasteiger partial charge in [0.2, 0.25) is 0 Å². The molecule has 1 aliphatic carbocycles. The minimum atomic E-state index is -0.756. The predicted octanol–water partition coefficient (Wildman–Crippen LogP) is 4.61. The van der Waals surface area contributed by atoms with Crippen molar-refractivity contribution in [3.8, 4) is 22.5 Å². The molecule has 0 radical (unpaired) electrons. The molecule has 1 aromatic heterocycles. The van der Waals surface area contributed by atoms with Gasteiger partial charge in [-0.1, -0.05) is 53.7 Å². The molecule has 2 aromatic carbocycles. The van der Waals surface area contributed by atoms with Crippen LogP contribution in [0.15, 0.2) is 53.1 Å². The summed E-state index contributed by atoms with van der Waals surface area (Å²) in [7, 11) is 1.29. The summed E-state index contributed by atoms with van der Waals surface area (Å²) in [5.74, 6) is -0.305. The van der Waals surface area contributed by atoms with Crippen molar-refractivity contribution in [2.75, 3.05) is 12.4 Å². The van der Waals surface area contributed by atoms with E-state index >= 15 is 0 Å². The van der Waals surface area contributed by atoms with E-state index in [1.807, 2.05) is 48.5 Å². The molecule has 4 rings (SSSR count). The van der Waals surface area contributed by atoms with Crippen LogP contribution in [-0.2, 0) is 14.9 Å². The highest BCUT2D eigenvalue weighted by molar-refractivity contribution is 5.91. The second-order valence-electron chi connectivity index (χ2n) is 7.13. The molecule has 3 aromatic rings. The number of aromatic nitrogens is 1. The topological polar surface area (TPSA) is 102 Å². The van der Waals surface area contributed by atoms with E-state index in [0.29, 0.717) is 30.0 Å². The number of hydrogen-bond acceptors (Lipinski definition) is 5. The molecule has 0 unspecified atom stereocenters. The Morgan fingerprint density at radius 2 is 1.59 bits per heavy atom. The van der Waals surface area contributed by atoms with E-state index in [0.717, 1.165) is 22.3 Å². The number of hydrogen-bond donors (Lipinski definition) is 2. The Balaban J connectivity index is 1.58. The summed E-state index contributed by atoms with van der Waals surface area (Å²) in [6.07, 6.45) is 0.785. The SMILES string of the molecule is COC(=O)Nc1c(C)noc1-c1ccc(-c2ccc(C3(C(=O)O)CC3)cc2)cc1. The Kier molecular flexibility index (Phi) is 4.58. The zero-order valence-electron chi connectivity index (χ0n) is 16.1. The first kappa shape index (κ1) is 18.7. The zero-order valence-corrected chi connectivity index (χ0v) is 16.1. The number of carboxylic acids is 1. The van der Waals surface area contributed by atoms with Gasteiger partial charge in [0.15, 0.2) is 5.76 Å². The fourth-order valence-electron chi connectivity index (χ4n) is 3.41. The molecule has 0 atom stereocenters. The molecule has 1 heterocycles. The van der Waals surface area contributed by atoms with Crippen LogP contribution in [0, 0.1) is 6.92 Å². The van der Waals surface area contributed by atoms with Gasteiger partial charge in [-0.3, -0.25) is 10.1 Å². The van der Waals surface area contributed by atoms with Gasteiger partial charge in [-0.2, -0.15) is 0 Å². The Labute approximate surface area is 167 Å². The van der Waals surface area contributed by atoms with Crippen LogP contribution < -0.4 is 5.32 Å². The van der Waals surface area contributed by atoms with Crippen LogP contribution in [0.4, 0.5) is 10.5 Å². The normalized spacial score (nSPS) is 14.3. The largest absolute Gasteiger partial charge is 0.481 e. The zero-order chi connectivity index (χ0) is 20.6. The van der Waals surface area contributed by atoms with Crippen LogP contribution in [0.1, 0.15) is 24.1 Å². The first-order valence-corrected chi connectivity index (χ1v) is 9.20. The minimum absolute atomic E-state index is 0.451. The second kappa shape index (κ2) is 7.09. The molecule has 7 nitrogen and oxygen atoms in total. The van der Waals surface area contributed by atoms with Gasteiger partial charge in [0.25, 0.3) is 0 Å². The highest BCUT2D eigenvalue weighted by atomic mass is 16.5. The number of carbonyl (C=O) groups is 2. The van der Waals surface area contributed by atoms with E-state index in [4.69, 9.17) is 4.52 Å². The first-order chi connectivity index (χ1) is 13.9. The summed E-state index contributed by atoms with van der Waals surface area (Å²) in [5.41, 5.74) is 3.91. The lowest BCUT2D eigenvalue weighted by Gasteiger charge is -2.11. The van der Waals surface area contributed by atoms with Crippen molar-refractivity contribution >= 4 is 17.7 Å². The molecule has 29 heavy (non-hydrogen) atoms. The monoisotopic (exact) mass is 392 g/mol. The van der Waals surface area contributed by atoms with Crippen molar-refractivity contribution in [2.45, 2.75) is 25.2 Å². The first-order valence-electron chi connectivity index (χ1n) is 9.20. The molecular formula is C22H20N2O5. The van der Waals surface area contributed by atoms with Gasteiger partial charge in [-0.15, -0.1) is 0 Å². The summed E-state index contributed by atoms with van der Waals surface area (Å²) in [6.45, 7) is 1.73. The number of benzene rings is 2. The van der Waals surface area contributed by atoms with Crippen molar-refractivity contribution in [2.24, 2.45) is 0 Å². The van der Waals surface area contributed by atoms with Gasteiger partial charge >= 0.3 is 12.1 Å². The van der Waals surface area contributed by atoms with Crippen molar-refractivity contribution in [3.05, 3.63) is 59.8 Å². The Bertz CT molecular complexity index is 1060. The minimum Gasteiger partial charge on any atom is -0.481 e. The third-order valence-corrected chi connectivity index (χ3v) is 5.35. The number of aliphatic carboxylic acids is 1. The van der Waals surface area contributed by atoms with E-state index in [-0.39, 0.29) is 0 Å². The van der Waals surface area contributed by atoms with Crippen molar-refractivity contribution in [1.82, 2.24) is 5.16 Å². The van der Waals surface area contributed by atoms with Gasteiger partial charge in [0.05, 0.1) is 12.5 Å². The van der Waals surface area contributed by atoms with Gasteiger partial charge in [0, 0.05) is 5.56 Å². The number of amides is 1. The number of carboxylic acid groups (broad SMARTS) is 1. The van der Waals surface area contributed by atoms with Crippen LogP contribution in [0.5, 0.6) is 0 Å². The molecule has 148 valence electrons. The molecule has 1 aliphatic rings. The van der Waals surface area contributed by atoms with E-state index in [9.17, 15) is 14.7 Å². The van der Waals surface area contributed by atoms with Gasteiger partial charge in [-0.05, 0) is 36.5 Å². The molecule has 0 saturated heterocycles. The summed E-state index contributed by atoms with van der Waals surface area (Å²) in [4.78, 5) is 23.0. The molecule has 1 amide bonds. The van der Waals surface area contributed by atoms with Crippen LogP contribution in [0.2, 0.25) is 0 Å². The fraction of sp³-hybridized carbons (Fsp3) is 0.227. The second-order valence-corrected chi connectivity index (χ2v) is 7.13. The number of nitrogens with zero attached hydrogens (tertiary/aromatic N) is 1. The number of aryl methyl sites for hydroxylation is 1. The molecule has 0 spiro atoms. The quantitative estimate of drug-likeness (QED) is 0.657. The number of ether oxygens (including phenoxy) is 1. The summed E-state index contributed by atoms with van der Waals surface area (Å²) in [6, 6.07) is 15.3. The van der Waals surface area contributed by atoms with Crippen LogP contribution in [0.3, 0.4) is 0 Å². The molecule has 7 heteroatoms. The molecule has 0 aliphatic heterocycles. The molecule has 0 bridgehead atoms. The smallest absolute Gasteiger partial charge is 0.411 e. The number of methoxy groups -OCH3 is 1. The molecular weight excluding hydrogens is 372 g/mol. The summed E-state index contributed by atoms with van der Waals surface area (Å²) < 4.78 is 10.0. The van der Waals surface area contributed by atoms with Gasteiger partial charge < -0.3 is 14.4 Å². The number of anilines is 1. The fourth-order valence-corrected chi connectivity index (χ4v) is 3.41. The average Bonchev–Trinajstić information content (AvgIpc) is 3.48. The Morgan fingerprint density at radius 1 is 1.03 bits per heavy atom. The average molecular weight is 392 g/mol. The lowest BCUT2D eigenvalue weighted by Crippen LogP contribution is -2.19. The van der Waals surface area contributed by atoms with E-state index < -0.39 is 17.5 Å². The van der Waals surface area contributed by atoms with Crippen LogP contribution in [0.25, 0.3) is 22.5 Å². The van der Waals surface area contributed by atoms with Gasteiger partial charge in [0.1, 0.15) is 11.4 Å². The van der Waals surface area contributed by atoms with Crippen molar-refractivity contribution < 1.29 is 24.0 Å².